The predicted octanol–water partition coefficient (Wildman–Crippen LogP) is 5.98. The van der Waals surface area contributed by atoms with Crippen LogP contribution in [0.3, 0.4) is 0 Å². The minimum atomic E-state index is -4.15. The summed E-state index contributed by atoms with van der Waals surface area (Å²) in [5.41, 5.74) is 4.79. The fourth-order valence-electron chi connectivity index (χ4n) is 3.67. The van der Waals surface area contributed by atoms with E-state index in [9.17, 15) is 18.0 Å². The monoisotopic (exact) mass is 594 g/mol. The number of carbonyl (C=O) groups excluding carboxylic acids is 2. The molecule has 4 rings (SSSR count). The number of nitrogens with zero attached hydrogens (tertiary/aromatic N) is 2. The summed E-state index contributed by atoms with van der Waals surface area (Å²) in [6.45, 7) is 1.10. The Morgan fingerprint density at radius 3 is 2.08 bits per heavy atom. The van der Waals surface area contributed by atoms with Gasteiger partial charge < -0.3 is 5.32 Å². The lowest BCUT2D eigenvalue weighted by Crippen LogP contribution is -2.40. The smallest absolute Gasteiger partial charge is 0.264 e. The van der Waals surface area contributed by atoms with Crippen molar-refractivity contribution in [3.8, 4) is 0 Å². The van der Waals surface area contributed by atoms with E-state index in [1.54, 1.807) is 73.7 Å². The van der Waals surface area contributed by atoms with Crippen LogP contribution in [-0.2, 0) is 14.8 Å². The molecular weight excluding hydrogens is 571 g/mol. The molecule has 2 N–H and O–H groups in total. The van der Waals surface area contributed by atoms with Crippen molar-refractivity contribution in [3.63, 3.8) is 0 Å². The third-order valence-corrected chi connectivity index (χ3v) is 8.05. The van der Waals surface area contributed by atoms with Gasteiger partial charge >= 0.3 is 0 Å². The van der Waals surface area contributed by atoms with Crippen LogP contribution in [0.1, 0.15) is 22.8 Å². The molecule has 0 aromatic heterocycles. The highest BCUT2D eigenvalue weighted by Gasteiger charge is 2.28. The minimum Gasteiger partial charge on any atom is -0.322 e. The number of hydrogen-bond donors (Lipinski definition) is 2. The summed E-state index contributed by atoms with van der Waals surface area (Å²) >= 11 is 12.3. The van der Waals surface area contributed by atoms with Crippen LogP contribution in [0.4, 0.5) is 11.4 Å². The quantitative estimate of drug-likeness (QED) is 0.183. The molecule has 40 heavy (non-hydrogen) atoms. The molecule has 0 spiro atoms. The van der Waals surface area contributed by atoms with Crippen LogP contribution in [0.5, 0.6) is 0 Å². The zero-order valence-electron chi connectivity index (χ0n) is 21.2. The third-order valence-electron chi connectivity index (χ3n) is 5.74. The first-order valence-electron chi connectivity index (χ1n) is 12.0. The molecule has 0 saturated heterocycles. The van der Waals surface area contributed by atoms with E-state index in [2.05, 4.69) is 15.8 Å². The van der Waals surface area contributed by atoms with Gasteiger partial charge in [0.25, 0.3) is 21.8 Å². The van der Waals surface area contributed by atoms with Crippen LogP contribution in [0.25, 0.3) is 0 Å². The van der Waals surface area contributed by atoms with Crippen LogP contribution in [0.15, 0.2) is 113 Å². The molecule has 204 valence electrons. The standard InChI is InChI=1S/C29H24Cl2N4O4S/c1-20(21-12-15-24(16-13-21)32-29(37)22-8-4-2-5-9-22)33-34-28(36)19-35(27-17-14-23(30)18-26(27)31)40(38,39)25-10-6-3-7-11-25/h2-18H,19H2,1H3,(H,32,37)(H,34,36)/b33-20-. The number of hydrazone groups is 1. The van der Waals surface area contributed by atoms with E-state index < -0.39 is 22.5 Å². The topological polar surface area (TPSA) is 108 Å². The van der Waals surface area contributed by atoms with Gasteiger partial charge in [0.2, 0.25) is 0 Å². The van der Waals surface area contributed by atoms with Crippen LogP contribution in [0, 0.1) is 0 Å². The number of rotatable bonds is 9. The highest BCUT2D eigenvalue weighted by atomic mass is 35.5. The first-order valence-corrected chi connectivity index (χ1v) is 14.2. The molecule has 11 heteroatoms. The van der Waals surface area contributed by atoms with Crippen molar-refractivity contribution in [2.75, 3.05) is 16.2 Å². The Hall–Kier alpha value is -4.18. The second kappa shape index (κ2) is 12.8. The van der Waals surface area contributed by atoms with Gasteiger partial charge in [0.15, 0.2) is 0 Å². The molecular formula is C29H24Cl2N4O4S. The highest BCUT2D eigenvalue weighted by Crippen LogP contribution is 2.32. The molecule has 0 heterocycles. The summed E-state index contributed by atoms with van der Waals surface area (Å²) in [6.07, 6.45) is 0. The van der Waals surface area contributed by atoms with Crippen molar-refractivity contribution < 1.29 is 18.0 Å². The molecule has 0 fully saturated rings. The van der Waals surface area contributed by atoms with E-state index in [4.69, 9.17) is 23.2 Å². The van der Waals surface area contributed by atoms with Gasteiger partial charge in [0.05, 0.1) is 21.3 Å². The number of carbonyl (C=O) groups is 2. The first-order chi connectivity index (χ1) is 19.1. The largest absolute Gasteiger partial charge is 0.322 e. The fourth-order valence-corrected chi connectivity index (χ4v) is 5.69. The Morgan fingerprint density at radius 1 is 0.825 bits per heavy atom. The van der Waals surface area contributed by atoms with Crippen LogP contribution >= 0.6 is 23.2 Å². The van der Waals surface area contributed by atoms with Gasteiger partial charge in [-0.1, -0.05) is 71.7 Å². The molecule has 2 amide bonds. The van der Waals surface area contributed by atoms with E-state index in [0.29, 0.717) is 27.5 Å². The number of sulfonamides is 1. The summed E-state index contributed by atoms with van der Waals surface area (Å²) in [5.74, 6) is -0.918. The maximum Gasteiger partial charge on any atom is 0.264 e. The molecule has 0 radical (unpaired) electrons. The van der Waals surface area contributed by atoms with Gasteiger partial charge in [-0.2, -0.15) is 5.10 Å². The maximum absolute atomic E-state index is 13.5. The lowest BCUT2D eigenvalue weighted by atomic mass is 10.1. The SMILES string of the molecule is C/C(=N/NC(=O)CN(c1ccc(Cl)cc1Cl)S(=O)(=O)c1ccccc1)c1ccc(NC(=O)c2ccccc2)cc1. The molecule has 0 bridgehead atoms. The van der Waals surface area contributed by atoms with Gasteiger partial charge in [-0.25, -0.2) is 13.8 Å². The molecule has 0 unspecified atom stereocenters. The number of halogens is 2. The Kier molecular flexibility index (Phi) is 9.21. The van der Waals surface area contributed by atoms with Crippen LogP contribution < -0.4 is 15.0 Å². The number of nitrogens with one attached hydrogen (secondary N) is 2. The molecule has 0 atom stereocenters. The van der Waals surface area contributed by atoms with Gasteiger partial charge in [0, 0.05) is 16.3 Å². The van der Waals surface area contributed by atoms with Crippen molar-refractivity contribution >= 4 is 62.1 Å². The van der Waals surface area contributed by atoms with Gasteiger partial charge in [0.1, 0.15) is 6.54 Å². The average Bonchev–Trinajstić information content (AvgIpc) is 2.96. The zero-order chi connectivity index (χ0) is 28.7. The van der Waals surface area contributed by atoms with Crippen molar-refractivity contribution in [3.05, 3.63) is 124 Å². The van der Waals surface area contributed by atoms with E-state index >= 15 is 0 Å². The first kappa shape index (κ1) is 28.8. The van der Waals surface area contributed by atoms with Crippen molar-refractivity contribution in [1.29, 1.82) is 0 Å². The average molecular weight is 596 g/mol. The molecule has 0 aliphatic rings. The van der Waals surface area contributed by atoms with E-state index in [0.717, 1.165) is 4.31 Å². The second-order valence-electron chi connectivity index (χ2n) is 8.55. The lowest BCUT2D eigenvalue weighted by Gasteiger charge is -2.24. The summed E-state index contributed by atoms with van der Waals surface area (Å²) in [7, 11) is -4.15. The summed E-state index contributed by atoms with van der Waals surface area (Å²) in [5, 5.41) is 7.33. The molecule has 0 saturated carbocycles. The number of amides is 2. The van der Waals surface area contributed by atoms with E-state index in [-0.39, 0.29) is 21.5 Å². The molecule has 8 nitrogen and oxygen atoms in total. The van der Waals surface area contributed by atoms with Crippen LogP contribution in [-0.4, -0.2) is 32.5 Å². The minimum absolute atomic E-state index is 0.00653. The number of anilines is 2. The van der Waals surface area contributed by atoms with Crippen molar-refractivity contribution in [1.82, 2.24) is 5.43 Å². The van der Waals surface area contributed by atoms with E-state index in [1.807, 2.05) is 6.07 Å². The van der Waals surface area contributed by atoms with Crippen molar-refractivity contribution in [2.45, 2.75) is 11.8 Å². The molecule has 4 aromatic rings. The van der Waals surface area contributed by atoms with Crippen molar-refractivity contribution in [2.24, 2.45) is 5.10 Å². The molecule has 4 aromatic carbocycles. The Morgan fingerprint density at radius 2 is 1.45 bits per heavy atom. The number of benzene rings is 4. The van der Waals surface area contributed by atoms with Crippen LogP contribution in [0.2, 0.25) is 10.0 Å². The highest BCUT2D eigenvalue weighted by molar-refractivity contribution is 7.92. The van der Waals surface area contributed by atoms with Gasteiger partial charge in [-0.3, -0.25) is 13.9 Å². The lowest BCUT2D eigenvalue weighted by molar-refractivity contribution is -0.119. The van der Waals surface area contributed by atoms with E-state index in [1.165, 1.54) is 30.3 Å². The second-order valence-corrected chi connectivity index (χ2v) is 11.3. The Labute approximate surface area is 242 Å². The predicted molar refractivity (Wildman–Crippen MR) is 159 cm³/mol. The normalized spacial score (nSPS) is 11.5. The Balaban J connectivity index is 1.48. The van der Waals surface area contributed by atoms with Gasteiger partial charge in [-0.05, 0) is 67.1 Å². The molecule has 0 aliphatic carbocycles. The summed E-state index contributed by atoms with van der Waals surface area (Å²) in [4.78, 5) is 25.2. The Bertz CT molecular complexity index is 1650. The number of hydrogen-bond acceptors (Lipinski definition) is 5. The van der Waals surface area contributed by atoms with Gasteiger partial charge in [-0.15, -0.1) is 0 Å². The summed E-state index contributed by atoms with van der Waals surface area (Å²) in [6, 6.07) is 27.8. The third kappa shape index (κ3) is 7.06. The maximum atomic E-state index is 13.5. The molecule has 0 aliphatic heterocycles. The fraction of sp³-hybridized carbons (Fsp3) is 0.0690. The summed E-state index contributed by atoms with van der Waals surface area (Å²) < 4.78 is 27.8. The zero-order valence-corrected chi connectivity index (χ0v) is 23.5.